The Morgan fingerprint density at radius 1 is 1.18 bits per heavy atom. The summed E-state index contributed by atoms with van der Waals surface area (Å²) in [5.74, 6) is 5.55. The summed E-state index contributed by atoms with van der Waals surface area (Å²) in [4.78, 5) is 8.92. The van der Waals surface area contributed by atoms with E-state index in [1.54, 1.807) is 6.07 Å². The molecule has 0 aliphatic carbocycles. The summed E-state index contributed by atoms with van der Waals surface area (Å²) in [7, 11) is 0. The van der Waals surface area contributed by atoms with Crippen LogP contribution in [0.1, 0.15) is 0 Å². The third-order valence-corrected chi connectivity index (χ3v) is 3.80. The second-order valence-corrected chi connectivity index (χ2v) is 4.87. The molecule has 7 heteroatoms. The van der Waals surface area contributed by atoms with E-state index >= 15 is 0 Å². The van der Waals surface area contributed by atoms with Gasteiger partial charge in [0.1, 0.15) is 5.03 Å². The van der Waals surface area contributed by atoms with Gasteiger partial charge >= 0.3 is 0 Å². The van der Waals surface area contributed by atoms with Crippen LogP contribution in [0.15, 0.2) is 40.4 Å². The number of benzene rings is 1. The van der Waals surface area contributed by atoms with Crippen LogP contribution in [-0.2, 0) is 0 Å². The lowest BCUT2D eigenvalue weighted by Crippen LogP contribution is -2.10. The molecule has 88 valence electrons. The van der Waals surface area contributed by atoms with Crippen LogP contribution >= 0.6 is 35.0 Å². The molecular formula is C10H8Cl2N4S. The highest BCUT2D eigenvalue weighted by atomic mass is 35.5. The highest BCUT2D eigenvalue weighted by Gasteiger charge is 2.09. The highest BCUT2D eigenvalue weighted by Crippen LogP contribution is 2.35. The van der Waals surface area contributed by atoms with Crippen LogP contribution in [0.2, 0.25) is 10.0 Å². The van der Waals surface area contributed by atoms with Gasteiger partial charge in [0.25, 0.3) is 0 Å². The van der Waals surface area contributed by atoms with Gasteiger partial charge in [-0.05, 0) is 12.1 Å². The number of halogens is 2. The van der Waals surface area contributed by atoms with Crippen LogP contribution in [0.4, 0.5) is 5.95 Å². The molecule has 0 bridgehead atoms. The van der Waals surface area contributed by atoms with Crippen molar-refractivity contribution in [1.29, 1.82) is 0 Å². The lowest BCUT2D eigenvalue weighted by Gasteiger charge is -2.06. The molecular weight excluding hydrogens is 279 g/mol. The highest BCUT2D eigenvalue weighted by molar-refractivity contribution is 7.99. The summed E-state index contributed by atoms with van der Waals surface area (Å²) < 4.78 is 0. The summed E-state index contributed by atoms with van der Waals surface area (Å²) in [6.45, 7) is 0. The van der Waals surface area contributed by atoms with E-state index in [0.29, 0.717) is 21.0 Å². The number of nitrogens with one attached hydrogen (secondary N) is 1. The van der Waals surface area contributed by atoms with Gasteiger partial charge in [-0.2, -0.15) is 0 Å². The normalized spacial score (nSPS) is 10.3. The minimum Gasteiger partial charge on any atom is -0.292 e. The van der Waals surface area contributed by atoms with Crippen molar-refractivity contribution in [2.75, 3.05) is 5.43 Å². The number of aromatic nitrogens is 2. The monoisotopic (exact) mass is 286 g/mol. The van der Waals surface area contributed by atoms with E-state index in [4.69, 9.17) is 29.0 Å². The fourth-order valence-corrected chi connectivity index (χ4v) is 2.39. The third-order valence-electron chi connectivity index (χ3n) is 1.88. The Balaban J connectivity index is 2.32. The third kappa shape index (κ3) is 3.01. The maximum atomic E-state index is 6.05. The van der Waals surface area contributed by atoms with Gasteiger partial charge in [-0.1, -0.05) is 47.1 Å². The Hall–Kier alpha value is -1.01. The lowest BCUT2D eigenvalue weighted by molar-refractivity contribution is 1.03. The summed E-state index contributed by atoms with van der Waals surface area (Å²) in [5.41, 5.74) is 2.37. The van der Waals surface area contributed by atoms with Gasteiger partial charge in [-0.25, -0.2) is 15.8 Å². The number of hydrogen-bond acceptors (Lipinski definition) is 5. The second kappa shape index (κ2) is 5.55. The van der Waals surface area contributed by atoms with Gasteiger partial charge in [-0.15, -0.1) is 0 Å². The molecule has 0 aliphatic rings. The number of anilines is 1. The molecule has 0 atom stereocenters. The van der Waals surface area contributed by atoms with Crippen molar-refractivity contribution in [3.05, 3.63) is 40.5 Å². The van der Waals surface area contributed by atoms with E-state index in [9.17, 15) is 0 Å². The molecule has 1 aromatic carbocycles. The van der Waals surface area contributed by atoms with E-state index in [2.05, 4.69) is 15.4 Å². The molecule has 2 aromatic rings. The number of hydrazine groups is 1. The van der Waals surface area contributed by atoms with Gasteiger partial charge in [0.05, 0.1) is 16.2 Å². The van der Waals surface area contributed by atoms with Crippen LogP contribution in [0, 0.1) is 0 Å². The first kappa shape index (κ1) is 12.4. The van der Waals surface area contributed by atoms with Crippen molar-refractivity contribution in [2.24, 2.45) is 5.84 Å². The average molecular weight is 287 g/mol. The maximum Gasteiger partial charge on any atom is 0.238 e. The molecule has 0 saturated carbocycles. The number of nitrogens with two attached hydrogens (primary N) is 1. The van der Waals surface area contributed by atoms with Crippen molar-refractivity contribution in [3.63, 3.8) is 0 Å². The first-order valence-corrected chi connectivity index (χ1v) is 6.19. The smallest absolute Gasteiger partial charge is 0.238 e. The van der Waals surface area contributed by atoms with E-state index in [0.717, 1.165) is 4.90 Å². The predicted molar refractivity (Wildman–Crippen MR) is 70.4 cm³/mol. The van der Waals surface area contributed by atoms with Crippen LogP contribution in [0.5, 0.6) is 0 Å². The van der Waals surface area contributed by atoms with Gasteiger partial charge in [0.2, 0.25) is 5.95 Å². The van der Waals surface area contributed by atoms with Crippen LogP contribution in [0.3, 0.4) is 0 Å². The van der Waals surface area contributed by atoms with E-state index in [1.807, 2.05) is 18.2 Å². The summed E-state index contributed by atoms with van der Waals surface area (Å²) in [6.07, 6.45) is 1.49. The number of hydrogen-bond donors (Lipinski definition) is 2. The predicted octanol–water partition coefficient (Wildman–Crippen LogP) is 3.22. The number of nitrogen functional groups attached to an aromatic ring is 1. The largest absolute Gasteiger partial charge is 0.292 e. The Bertz CT molecular complexity index is 535. The molecule has 0 saturated heterocycles. The first-order chi connectivity index (χ1) is 8.20. The quantitative estimate of drug-likeness (QED) is 0.515. The van der Waals surface area contributed by atoms with Crippen molar-refractivity contribution in [2.45, 2.75) is 9.92 Å². The molecule has 0 fully saturated rings. The van der Waals surface area contributed by atoms with Crippen LogP contribution in [-0.4, -0.2) is 9.97 Å². The topological polar surface area (TPSA) is 63.8 Å². The van der Waals surface area contributed by atoms with Gasteiger partial charge in [0.15, 0.2) is 0 Å². The Morgan fingerprint density at radius 3 is 2.65 bits per heavy atom. The standard InChI is InChI=1S/C10H8Cl2N4S/c11-6-3-1-2-4-8(6)17-9-7(12)5-14-10(15-9)16-13/h1-5H,13H2,(H,14,15,16). The molecule has 2 rings (SSSR count). The second-order valence-electron chi connectivity index (χ2n) is 3.02. The zero-order valence-electron chi connectivity index (χ0n) is 8.52. The van der Waals surface area contributed by atoms with Gasteiger partial charge in [0, 0.05) is 4.90 Å². The van der Waals surface area contributed by atoms with E-state index in [1.165, 1.54) is 18.0 Å². The molecule has 17 heavy (non-hydrogen) atoms. The summed E-state index contributed by atoms with van der Waals surface area (Å²) >= 11 is 13.4. The fraction of sp³-hybridized carbons (Fsp3) is 0. The molecule has 1 aromatic heterocycles. The van der Waals surface area contributed by atoms with Gasteiger partial charge < -0.3 is 0 Å². The minimum absolute atomic E-state index is 0.309. The fourth-order valence-electron chi connectivity index (χ4n) is 1.12. The first-order valence-electron chi connectivity index (χ1n) is 4.62. The maximum absolute atomic E-state index is 6.05. The minimum atomic E-state index is 0.309. The Kier molecular flexibility index (Phi) is 4.06. The molecule has 3 N–H and O–H groups in total. The average Bonchev–Trinajstić information content (AvgIpc) is 2.35. The van der Waals surface area contributed by atoms with Gasteiger partial charge in [-0.3, -0.25) is 5.43 Å². The molecule has 0 aliphatic heterocycles. The zero-order chi connectivity index (χ0) is 12.3. The molecule has 0 radical (unpaired) electrons. The summed E-state index contributed by atoms with van der Waals surface area (Å²) in [6, 6.07) is 7.45. The Morgan fingerprint density at radius 2 is 1.94 bits per heavy atom. The van der Waals surface area contributed by atoms with Crippen LogP contribution in [0.25, 0.3) is 0 Å². The zero-order valence-corrected chi connectivity index (χ0v) is 10.9. The van der Waals surface area contributed by atoms with Crippen molar-refractivity contribution >= 4 is 40.9 Å². The van der Waals surface area contributed by atoms with Crippen LogP contribution < -0.4 is 11.3 Å². The molecule has 4 nitrogen and oxygen atoms in total. The van der Waals surface area contributed by atoms with Crippen molar-refractivity contribution in [3.8, 4) is 0 Å². The molecule has 0 spiro atoms. The van der Waals surface area contributed by atoms with Crippen molar-refractivity contribution < 1.29 is 0 Å². The number of nitrogens with zero attached hydrogens (tertiary/aromatic N) is 2. The lowest BCUT2D eigenvalue weighted by atomic mass is 10.4. The Labute approximate surface area is 113 Å². The summed E-state index contributed by atoms with van der Waals surface area (Å²) in [5, 5.41) is 1.70. The number of rotatable bonds is 3. The van der Waals surface area contributed by atoms with Crippen molar-refractivity contribution in [1.82, 2.24) is 9.97 Å². The molecule has 1 heterocycles. The molecule has 0 unspecified atom stereocenters. The van der Waals surface area contributed by atoms with E-state index < -0.39 is 0 Å². The van der Waals surface area contributed by atoms with E-state index in [-0.39, 0.29) is 0 Å². The SMILES string of the molecule is NNc1ncc(Cl)c(Sc2ccccc2Cl)n1. The molecule has 0 amide bonds.